The normalized spacial score (nSPS) is 26.3. The molecule has 9 nitrogen and oxygen atoms in total. The van der Waals surface area contributed by atoms with E-state index >= 15 is 0 Å². The standard InChI is InChI=1S/C25H30FN5O4/c26-18-5-3-15(4-6-18)22(24-28-23(29-35-24)17-1-2-17)16-7-10-30(11-8-16)25(33)31-12-9-20-19(13-31)27-21(32)14-34-20/h3-6,16-17,19-20,22H,1-2,7-14H2,(H,27,32)/t19-,20+,22+/m1/s1. The molecule has 2 aromatic rings. The number of aromatic nitrogens is 2. The van der Waals surface area contributed by atoms with Crippen LogP contribution in [0.3, 0.4) is 0 Å². The van der Waals surface area contributed by atoms with Gasteiger partial charge in [0.2, 0.25) is 11.8 Å². The third-order valence-electron chi connectivity index (χ3n) is 7.77. The molecule has 0 bridgehead atoms. The highest BCUT2D eigenvalue weighted by molar-refractivity contribution is 5.79. The predicted octanol–water partition coefficient (Wildman–Crippen LogP) is 2.64. The first-order valence-corrected chi connectivity index (χ1v) is 12.6. The van der Waals surface area contributed by atoms with Crippen molar-refractivity contribution in [1.29, 1.82) is 0 Å². The monoisotopic (exact) mass is 483 g/mol. The van der Waals surface area contributed by atoms with Crippen LogP contribution in [-0.2, 0) is 9.53 Å². The lowest BCUT2D eigenvalue weighted by Gasteiger charge is -2.43. The number of urea groups is 1. The summed E-state index contributed by atoms with van der Waals surface area (Å²) in [5.74, 6) is 1.41. The summed E-state index contributed by atoms with van der Waals surface area (Å²) in [7, 11) is 0. The first-order valence-electron chi connectivity index (χ1n) is 12.6. The summed E-state index contributed by atoms with van der Waals surface area (Å²) in [6.45, 7) is 2.44. The van der Waals surface area contributed by atoms with Gasteiger partial charge in [-0.05, 0) is 55.7 Å². The number of hydrogen-bond donors (Lipinski definition) is 1. The number of piperidine rings is 2. The molecule has 6 rings (SSSR count). The Bertz CT molecular complexity index is 1080. The van der Waals surface area contributed by atoms with E-state index in [0.29, 0.717) is 38.0 Å². The van der Waals surface area contributed by atoms with E-state index in [1.165, 1.54) is 12.1 Å². The maximum atomic E-state index is 13.6. The number of fused-ring (bicyclic) bond motifs is 1. The molecule has 1 N–H and O–H groups in total. The first-order chi connectivity index (χ1) is 17.0. The van der Waals surface area contributed by atoms with Crippen molar-refractivity contribution in [3.63, 3.8) is 0 Å². The second-order valence-corrected chi connectivity index (χ2v) is 10.2. The van der Waals surface area contributed by atoms with E-state index in [4.69, 9.17) is 14.2 Å². The summed E-state index contributed by atoms with van der Waals surface area (Å²) in [6, 6.07) is 6.39. The van der Waals surface area contributed by atoms with Gasteiger partial charge >= 0.3 is 6.03 Å². The molecule has 4 heterocycles. The quantitative estimate of drug-likeness (QED) is 0.718. The van der Waals surface area contributed by atoms with Crippen LogP contribution < -0.4 is 5.32 Å². The molecule has 35 heavy (non-hydrogen) atoms. The van der Waals surface area contributed by atoms with E-state index in [9.17, 15) is 14.0 Å². The molecule has 10 heteroatoms. The van der Waals surface area contributed by atoms with Crippen molar-refractivity contribution >= 4 is 11.9 Å². The molecule has 0 spiro atoms. The third kappa shape index (κ3) is 4.63. The Balaban J connectivity index is 1.13. The maximum absolute atomic E-state index is 13.6. The number of halogens is 1. The van der Waals surface area contributed by atoms with Crippen LogP contribution in [0.25, 0.3) is 0 Å². The Kier molecular flexibility index (Phi) is 5.91. The molecule has 0 unspecified atom stereocenters. The molecule has 186 valence electrons. The van der Waals surface area contributed by atoms with Crippen molar-refractivity contribution in [2.75, 3.05) is 32.8 Å². The lowest BCUT2D eigenvalue weighted by molar-refractivity contribution is -0.139. The SMILES string of the molecule is O=C1CO[C@H]2CCN(C(=O)N3CCC([C@H](c4ccc(F)cc4)c4nc(C5CC5)no4)CC3)C[C@H]2N1. The Morgan fingerprint density at radius 3 is 2.54 bits per heavy atom. The van der Waals surface area contributed by atoms with Crippen LogP contribution in [0.2, 0.25) is 0 Å². The maximum Gasteiger partial charge on any atom is 0.320 e. The zero-order valence-corrected chi connectivity index (χ0v) is 19.6. The number of amides is 3. The number of likely N-dealkylation sites (tertiary alicyclic amines) is 2. The van der Waals surface area contributed by atoms with E-state index < -0.39 is 0 Å². The average Bonchev–Trinajstić information content (AvgIpc) is 3.62. The summed E-state index contributed by atoms with van der Waals surface area (Å²) in [4.78, 5) is 33.4. The molecule has 1 aromatic carbocycles. The average molecular weight is 484 g/mol. The molecule has 1 aliphatic carbocycles. The molecule has 4 aliphatic rings. The molecule has 3 atom stereocenters. The number of benzene rings is 1. The summed E-state index contributed by atoms with van der Waals surface area (Å²) in [6.07, 6.45) is 4.46. The molecule has 1 aromatic heterocycles. The Labute approximate surface area is 203 Å². The number of carbonyl (C=O) groups excluding carboxylic acids is 2. The number of nitrogens with zero attached hydrogens (tertiary/aromatic N) is 4. The van der Waals surface area contributed by atoms with Crippen molar-refractivity contribution in [3.05, 3.63) is 47.4 Å². The summed E-state index contributed by atoms with van der Waals surface area (Å²) < 4.78 is 24.9. The van der Waals surface area contributed by atoms with Gasteiger partial charge in [-0.1, -0.05) is 17.3 Å². The van der Waals surface area contributed by atoms with Gasteiger partial charge in [-0.3, -0.25) is 4.79 Å². The van der Waals surface area contributed by atoms with Gasteiger partial charge in [-0.2, -0.15) is 4.98 Å². The minimum Gasteiger partial charge on any atom is -0.366 e. The number of hydrogen-bond acceptors (Lipinski definition) is 6. The van der Waals surface area contributed by atoms with Crippen molar-refractivity contribution in [1.82, 2.24) is 25.3 Å². The fourth-order valence-electron chi connectivity index (χ4n) is 5.67. The minimum absolute atomic E-state index is 0.00821. The van der Waals surface area contributed by atoms with Crippen LogP contribution in [0.5, 0.6) is 0 Å². The lowest BCUT2D eigenvalue weighted by atomic mass is 9.80. The van der Waals surface area contributed by atoms with Crippen LogP contribution >= 0.6 is 0 Å². The van der Waals surface area contributed by atoms with Crippen LogP contribution in [0.15, 0.2) is 28.8 Å². The van der Waals surface area contributed by atoms with Gasteiger partial charge in [0.1, 0.15) is 12.4 Å². The summed E-state index contributed by atoms with van der Waals surface area (Å²) in [5, 5.41) is 7.16. The fraction of sp³-hybridized carbons (Fsp3) is 0.600. The summed E-state index contributed by atoms with van der Waals surface area (Å²) in [5.41, 5.74) is 0.956. The molecule has 4 fully saturated rings. The van der Waals surface area contributed by atoms with E-state index in [2.05, 4.69) is 10.5 Å². The smallest absolute Gasteiger partial charge is 0.320 e. The van der Waals surface area contributed by atoms with Gasteiger partial charge in [0.05, 0.1) is 18.1 Å². The third-order valence-corrected chi connectivity index (χ3v) is 7.77. The van der Waals surface area contributed by atoms with Crippen molar-refractivity contribution in [2.45, 2.75) is 56.1 Å². The molecule has 3 aliphatic heterocycles. The van der Waals surface area contributed by atoms with Crippen LogP contribution in [0, 0.1) is 11.7 Å². The number of morpholine rings is 1. The molecule has 1 saturated carbocycles. The molecule has 3 amide bonds. The Hall–Kier alpha value is -3.01. The highest BCUT2D eigenvalue weighted by Gasteiger charge is 2.40. The predicted molar refractivity (Wildman–Crippen MR) is 122 cm³/mol. The van der Waals surface area contributed by atoms with Gasteiger partial charge in [0, 0.05) is 32.1 Å². The van der Waals surface area contributed by atoms with Crippen LogP contribution in [0.4, 0.5) is 9.18 Å². The van der Waals surface area contributed by atoms with Crippen molar-refractivity contribution < 1.29 is 23.2 Å². The zero-order valence-electron chi connectivity index (χ0n) is 19.6. The van der Waals surface area contributed by atoms with Gasteiger partial charge < -0.3 is 24.4 Å². The Morgan fingerprint density at radius 1 is 1.06 bits per heavy atom. The minimum atomic E-state index is -0.277. The van der Waals surface area contributed by atoms with Crippen molar-refractivity contribution in [2.24, 2.45) is 5.92 Å². The molecule has 0 radical (unpaired) electrons. The number of ether oxygens (including phenoxy) is 1. The van der Waals surface area contributed by atoms with Gasteiger partial charge in [0.15, 0.2) is 5.82 Å². The second kappa shape index (κ2) is 9.22. The van der Waals surface area contributed by atoms with E-state index in [0.717, 1.165) is 43.5 Å². The fourth-order valence-corrected chi connectivity index (χ4v) is 5.67. The molecule has 3 saturated heterocycles. The van der Waals surface area contributed by atoms with E-state index in [1.807, 2.05) is 9.80 Å². The van der Waals surface area contributed by atoms with Crippen molar-refractivity contribution in [3.8, 4) is 0 Å². The molecular formula is C25H30FN5O4. The van der Waals surface area contributed by atoms with Gasteiger partial charge in [-0.25, -0.2) is 9.18 Å². The van der Waals surface area contributed by atoms with Gasteiger partial charge in [0.25, 0.3) is 0 Å². The highest BCUT2D eigenvalue weighted by atomic mass is 19.1. The summed E-state index contributed by atoms with van der Waals surface area (Å²) >= 11 is 0. The molecular weight excluding hydrogens is 453 g/mol. The second-order valence-electron chi connectivity index (χ2n) is 10.2. The van der Waals surface area contributed by atoms with E-state index in [-0.39, 0.29) is 48.3 Å². The topological polar surface area (TPSA) is 101 Å². The van der Waals surface area contributed by atoms with Gasteiger partial charge in [-0.15, -0.1) is 0 Å². The van der Waals surface area contributed by atoms with E-state index in [1.54, 1.807) is 12.1 Å². The van der Waals surface area contributed by atoms with Crippen LogP contribution in [-0.4, -0.2) is 76.8 Å². The van der Waals surface area contributed by atoms with Crippen LogP contribution in [0.1, 0.15) is 61.2 Å². The lowest BCUT2D eigenvalue weighted by Crippen LogP contribution is -2.62. The number of nitrogens with one attached hydrogen (secondary N) is 1. The zero-order chi connectivity index (χ0) is 23.9. The Morgan fingerprint density at radius 2 is 1.80 bits per heavy atom. The highest BCUT2D eigenvalue weighted by Crippen LogP contribution is 2.41. The largest absolute Gasteiger partial charge is 0.366 e. The number of carbonyl (C=O) groups is 2. The first kappa shape index (κ1) is 22.5. The number of rotatable bonds is 4.